The molecule has 0 spiro atoms. The number of alkyl halides is 3. The Hall–Kier alpha value is -0.0831. The van der Waals surface area contributed by atoms with E-state index >= 15 is 0 Å². The van der Waals surface area contributed by atoms with Gasteiger partial charge in [-0.2, -0.15) is 13.2 Å². The Labute approximate surface area is 83.1 Å². The number of rotatable bonds is 3. The maximum atomic E-state index is 11.7. The van der Waals surface area contributed by atoms with Gasteiger partial charge >= 0.3 is 6.18 Å². The average molecular weight is 249 g/mol. The second-order valence-electron chi connectivity index (χ2n) is 3.87. The van der Waals surface area contributed by atoms with Gasteiger partial charge in [-0.25, -0.2) is 4.21 Å². The second kappa shape index (κ2) is 4.19. The van der Waals surface area contributed by atoms with Gasteiger partial charge in [-0.1, -0.05) is 0 Å². The third kappa shape index (κ3) is 8.51. The van der Waals surface area contributed by atoms with Crippen molar-refractivity contribution in [2.24, 2.45) is 4.03 Å². The first-order valence-electron chi connectivity index (χ1n) is 3.86. The van der Waals surface area contributed by atoms with Crippen molar-refractivity contribution in [3.63, 3.8) is 0 Å². The van der Waals surface area contributed by atoms with Crippen molar-refractivity contribution in [2.45, 2.75) is 25.8 Å². The summed E-state index contributed by atoms with van der Waals surface area (Å²) >= 11 is 0. The predicted octanol–water partition coefficient (Wildman–Crippen LogP) is 2.41. The molecule has 0 aromatic rings. The fourth-order valence-corrected chi connectivity index (χ4v) is 5.24. The van der Waals surface area contributed by atoms with Gasteiger partial charge in [0.1, 0.15) is 0 Å². The van der Waals surface area contributed by atoms with Crippen molar-refractivity contribution in [2.75, 3.05) is 12.9 Å². The molecule has 0 saturated carbocycles. The number of nitrogens with zero attached hydrogens (tertiary/aromatic N) is 1. The van der Waals surface area contributed by atoms with Gasteiger partial charge in [0, 0.05) is 6.26 Å². The van der Waals surface area contributed by atoms with E-state index in [9.17, 15) is 17.4 Å². The van der Waals surface area contributed by atoms with Crippen LogP contribution in [0.1, 0.15) is 0 Å². The molecule has 0 aliphatic heterocycles. The zero-order valence-electron chi connectivity index (χ0n) is 8.51. The Morgan fingerprint density at radius 2 is 1.79 bits per heavy atom. The fraction of sp³-hybridized carbons (Fsp3) is 1.00. The summed E-state index contributed by atoms with van der Waals surface area (Å²) in [5.74, 6) is 0. The van der Waals surface area contributed by atoms with E-state index in [2.05, 4.69) is 8.21 Å². The van der Waals surface area contributed by atoms with Crippen LogP contribution in [-0.4, -0.2) is 31.5 Å². The van der Waals surface area contributed by atoms with E-state index in [4.69, 9.17) is 0 Å². The highest BCUT2D eigenvalue weighted by Crippen LogP contribution is 2.17. The van der Waals surface area contributed by atoms with Gasteiger partial charge < -0.3 is 0 Å². The molecule has 0 fully saturated rings. The lowest BCUT2D eigenvalue weighted by molar-refractivity contribution is -0.151. The van der Waals surface area contributed by atoms with Gasteiger partial charge in [-0.15, -0.1) is 0 Å². The Kier molecular flexibility index (Phi) is 4.17. The molecule has 8 heteroatoms. The van der Waals surface area contributed by atoms with Crippen LogP contribution in [0.15, 0.2) is 4.03 Å². The number of halogens is 3. The van der Waals surface area contributed by atoms with Gasteiger partial charge in [0.2, 0.25) is 0 Å². The van der Waals surface area contributed by atoms with E-state index in [1.54, 1.807) is 19.6 Å². The minimum absolute atomic E-state index is 1.08. The normalized spacial score (nSPS) is 17.6. The van der Waals surface area contributed by atoms with Crippen molar-refractivity contribution < 1.29 is 21.6 Å². The Morgan fingerprint density at radius 3 is 2.07 bits per heavy atom. The Balaban J connectivity index is 4.53. The molecule has 0 aromatic carbocycles. The standard InChI is InChI=1S/C6H14F3NO2SSi/c1-13(11,10-14(2,3)4)12-5-6(7,8)9/h5H2,1-4H3/t13-/m1/s1. The molecule has 0 rings (SSSR count). The van der Waals surface area contributed by atoms with E-state index in [0.717, 1.165) is 6.26 Å². The summed E-state index contributed by atoms with van der Waals surface area (Å²) in [5.41, 5.74) is 0. The molecular formula is C6H14F3NO2SSi. The van der Waals surface area contributed by atoms with Crippen LogP contribution in [0.5, 0.6) is 0 Å². The van der Waals surface area contributed by atoms with Crippen molar-refractivity contribution >= 4 is 18.2 Å². The first-order valence-corrected chi connectivity index (χ1v) is 9.15. The maximum absolute atomic E-state index is 11.7. The van der Waals surface area contributed by atoms with Crippen molar-refractivity contribution in [3.8, 4) is 0 Å². The SMILES string of the molecule is C[Si](C)(C)N=[S@](C)(=O)OCC(F)(F)F. The van der Waals surface area contributed by atoms with Gasteiger partial charge in [0.15, 0.2) is 24.9 Å². The number of hydrogen-bond acceptors (Lipinski definition) is 3. The molecule has 0 amide bonds. The molecule has 86 valence electrons. The van der Waals surface area contributed by atoms with Crippen LogP contribution < -0.4 is 0 Å². The Morgan fingerprint density at radius 1 is 1.36 bits per heavy atom. The maximum Gasteiger partial charge on any atom is 0.413 e. The van der Waals surface area contributed by atoms with Gasteiger partial charge in [-0.05, 0) is 19.6 Å². The lowest BCUT2D eigenvalue weighted by atomic mass is 10.7. The molecule has 14 heavy (non-hydrogen) atoms. The highest BCUT2D eigenvalue weighted by Gasteiger charge is 2.29. The topological polar surface area (TPSA) is 38.7 Å². The summed E-state index contributed by atoms with van der Waals surface area (Å²) in [6.45, 7) is 3.80. The molecule has 0 saturated heterocycles. The van der Waals surface area contributed by atoms with E-state index in [0.29, 0.717) is 0 Å². The van der Waals surface area contributed by atoms with Gasteiger partial charge in [-0.3, -0.25) is 8.21 Å². The third-order valence-electron chi connectivity index (χ3n) is 0.881. The van der Waals surface area contributed by atoms with Crippen molar-refractivity contribution in [1.82, 2.24) is 0 Å². The summed E-state index contributed by atoms with van der Waals surface area (Å²) in [6.07, 6.45) is -3.38. The fourth-order valence-electron chi connectivity index (χ4n) is 0.700. The van der Waals surface area contributed by atoms with Gasteiger partial charge in [0.25, 0.3) is 0 Å². The van der Waals surface area contributed by atoms with Crippen LogP contribution in [0, 0.1) is 0 Å². The molecule has 0 N–H and O–H groups in total. The van der Waals surface area contributed by atoms with Crippen molar-refractivity contribution in [3.05, 3.63) is 0 Å². The lowest BCUT2D eigenvalue weighted by Crippen LogP contribution is -2.24. The quantitative estimate of drug-likeness (QED) is 0.720. The minimum atomic E-state index is -4.46. The van der Waals surface area contributed by atoms with E-state index in [1.165, 1.54) is 0 Å². The second-order valence-corrected chi connectivity index (χ2v) is 10.6. The molecule has 3 nitrogen and oxygen atoms in total. The predicted molar refractivity (Wildman–Crippen MR) is 51.8 cm³/mol. The van der Waals surface area contributed by atoms with Crippen molar-refractivity contribution in [1.29, 1.82) is 0 Å². The summed E-state index contributed by atoms with van der Waals surface area (Å²) in [7, 11) is -5.19. The number of hydrogen-bond donors (Lipinski definition) is 0. The molecular weight excluding hydrogens is 235 g/mol. The Bertz CT molecular complexity index is 301. The zero-order chi connectivity index (χ0) is 11.6. The van der Waals surface area contributed by atoms with Crippen LogP contribution in [0.25, 0.3) is 0 Å². The summed E-state index contributed by atoms with van der Waals surface area (Å²) < 4.78 is 54.6. The van der Waals surface area contributed by atoms with Crippen LogP contribution in [0.4, 0.5) is 13.2 Å². The highest BCUT2D eigenvalue weighted by atomic mass is 32.2. The zero-order valence-corrected chi connectivity index (χ0v) is 10.3. The minimum Gasteiger partial charge on any atom is -0.276 e. The molecule has 0 aromatic heterocycles. The lowest BCUT2D eigenvalue weighted by Gasteiger charge is -2.14. The smallest absolute Gasteiger partial charge is 0.276 e. The highest BCUT2D eigenvalue weighted by molar-refractivity contribution is 7.89. The molecule has 0 heterocycles. The van der Waals surface area contributed by atoms with Crippen LogP contribution in [0.3, 0.4) is 0 Å². The van der Waals surface area contributed by atoms with Crippen LogP contribution in [-0.2, 0) is 14.2 Å². The summed E-state index contributed by atoms with van der Waals surface area (Å²) in [6, 6.07) is 0. The molecule has 1 atom stereocenters. The largest absolute Gasteiger partial charge is 0.413 e. The van der Waals surface area contributed by atoms with Crippen LogP contribution in [0.2, 0.25) is 19.6 Å². The molecule has 0 radical (unpaired) electrons. The molecule has 0 unspecified atom stereocenters. The molecule has 0 bridgehead atoms. The third-order valence-corrected chi connectivity index (χ3v) is 4.95. The summed E-state index contributed by atoms with van der Waals surface area (Å²) in [5, 5.41) is 0. The summed E-state index contributed by atoms with van der Waals surface area (Å²) in [4.78, 5) is 0. The van der Waals surface area contributed by atoms with Crippen LogP contribution >= 0.6 is 0 Å². The first kappa shape index (κ1) is 13.9. The average Bonchev–Trinajstić information content (AvgIpc) is 1.76. The molecule has 0 aliphatic carbocycles. The molecule has 0 aliphatic rings. The van der Waals surface area contributed by atoms with E-state index in [1.807, 2.05) is 0 Å². The van der Waals surface area contributed by atoms with E-state index < -0.39 is 31.0 Å². The van der Waals surface area contributed by atoms with Gasteiger partial charge in [0.05, 0.1) is 0 Å². The monoisotopic (exact) mass is 249 g/mol. The van der Waals surface area contributed by atoms with E-state index in [-0.39, 0.29) is 0 Å². The first-order chi connectivity index (χ1) is 5.91.